The van der Waals surface area contributed by atoms with Crippen molar-refractivity contribution in [3.63, 3.8) is 0 Å². The summed E-state index contributed by atoms with van der Waals surface area (Å²) in [6, 6.07) is 89.1. The van der Waals surface area contributed by atoms with Crippen LogP contribution in [0.4, 0.5) is 17.1 Å². The van der Waals surface area contributed by atoms with Gasteiger partial charge in [-0.15, -0.1) is 0 Å². The van der Waals surface area contributed by atoms with Crippen LogP contribution in [0.5, 0.6) is 11.5 Å². The zero-order valence-electron chi connectivity index (χ0n) is 40.2. The molecule has 0 fully saturated rings. The minimum absolute atomic E-state index is 0.119. The molecule has 2 heteroatoms. The van der Waals surface area contributed by atoms with Crippen molar-refractivity contribution in [1.29, 1.82) is 0 Å². The van der Waals surface area contributed by atoms with Crippen molar-refractivity contribution < 1.29 is 4.74 Å². The van der Waals surface area contributed by atoms with Crippen molar-refractivity contribution in [1.82, 2.24) is 0 Å². The standard InChI is InChI=1S/C68H55NO/c1-5-46(2)47-28-38-57(39-29-47)70-58-40-31-53(32-41-58)68(52-18-10-7-11-19-52)64-23-15-13-21-60(64)62-42-30-51(44-66(62)68)50-26-35-55(36-27-50)69(54-33-24-49(25-34-54)48-16-8-6-9-17-48)56-37-43-61-59-20-12-14-22-63(59)67(3,4)65(61)45-56/h6-46H,5H2,1-4H3. The topological polar surface area (TPSA) is 12.5 Å². The number of hydrogen-bond donors (Lipinski definition) is 0. The first-order valence-corrected chi connectivity index (χ1v) is 24.8. The van der Waals surface area contributed by atoms with E-state index in [1.165, 1.54) is 77.9 Å². The first-order chi connectivity index (χ1) is 34.3. The van der Waals surface area contributed by atoms with Crippen molar-refractivity contribution in [2.45, 2.75) is 50.9 Å². The Hall–Kier alpha value is -8.20. The van der Waals surface area contributed by atoms with E-state index >= 15 is 0 Å². The molecule has 70 heavy (non-hydrogen) atoms. The molecule has 0 bridgehead atoms. The zero-order valence-corrected chi connectivity index (χ0v) is 40.2. The van der Waals surface area contributed by atoms with E-state index in [-0.39, 0.29) is 5.41 Å². The van der Waals surface area contributed by atoms with E-state index < -0.39 is 5.41 Å². The van der Waals surface area contributed by atoms with E-state index in [4.69, 9.17) is 4.74 Å². The van der Waals surface area contributed by atoms with Gasteiger partial charge in [0, 0.05) is 22.5 Å². The fraction of sp³-hybridized carbons (Fsp3) is 0.118. The molecule has 0 heterocycles. The molecule has 0 spiro atoms. The molecule has 2 aliphatic rings. The minimum Gasteiger partial charge on any atom is -0.457 e. The van der Waals surface area contributed by atoms with Crippen molar-refractivity contribution in [2.75, 3.05) is 4.90 Å². The van der Waals surface area contributed by atoms with Gasteiger partial charge in [0.25, 0.3) is 0 Å². The summed E-state index contributed by atoms with van der Waals surface area (Å²) in [4.78, 5) is 2.41. The summed E-state index contributed by atoms with van der Waals surface area (Å²) < 4.78 is 6.46. The van der Waals surface area contributed by atoms with Gasteiger partial charge in [0.2, 0.25) is 0 Å². The molecule has 10 aromatic carbocycles. The molecule has 0 radical (unpaired) electrons. The van der Waals surface area contributed by atoms with Crippen LogP contribution in [0, 0.1) is 0 Å². The Morgan fingerprint density at radius 3 is 1.49 bits per heavy atom. The molecule has 2 nitrogen and oxygen atoms in total. The first-order valence-electron chi connectivity index (χ1n) is 24.8. The summed E-state index contributed by atoms with van der Waals surface area (Å²) in [5.41, 5.74) is 21.7. The van der Waals surface area contributed by atoms with Gasteiger partial charge in [-0.05, 0) is 163 Å². The first kappa shape index (κ1) is 43.1. The molecule has 0 amide bonds. The molecule has 12 rings (SSSR count). The molecule has 0 aromatic heterocycles. The Kier molecular flexibility index (Phi) is 10.7. The lowest BCUT2D eigenvalue weighted by atomic mass is 9.67. The molecule has 10 aromatic rings. The molecule has 0 saturated heterocycles. The second-order valence-electron chi connectivity index (χ2n) is 19.6. The predicted molar refractivity (Wildman–Crippen MR) is 292 cm³/mol. The largest absolute Gasteiger partial charge is 0.457 e. The highest BCUT2D eigenvalue weighted by molar-refractivity contribution is 5.90. The molecule has 2 aliphatic carbocycles. The van der Waals surface area contributed by atoms with Crippen LogP contribution in [0.15, 0.2) is 243 Å². The molecule has 0 saturated carbocycles. The summed E-state index contributed by atoms with van der Waals surface area (Å²) in [7, 11) is 0. The third kappa shape index (κ3) is 7.17. The Morgan fingerprint density at radius 1 is 0.386 bits per heavy atom. The lowest BCUT2D eigenvalue weighted by Crippen LogP contribution is -2.28. The van der Waals surface area contributed by atoms with Crippen molar-refractivity contribution >= 4 is 17.1 Å². The minimum atomic E-state index is -0.552. The number of nitrogens with zero attached hydrogens (tertiary/aromatic N) is 1. The number of benzene rings is 10. The van der Waals surface area contributed by atoms with E-state index in [1.807, 2.05) is 0 Å². The highest BCUT2D eigenvalue weighted by atomic mass is 16.5. The third-order valence-corrected chi connectivity index (χ3v) is 15.4. The molecule has 2 unspecified atom stereocenters. The highest BCUT2D eigenvalue weighted by Gasteiger charge is 2.46. The van der Waals surface area contributed by atoms with Gasteiger partial charge >= 0.3 is 0 Å². The van der Waals surface area contributed by atoms with Gasteiger partial charge in [-0.1, -0.05) is 204 Å². The van der Waals surface area contributed by atoms with Gasteiger partial charge < -0.3 is 9.64 Å². The van der Waals surface area contributed by atoms with E-state index in [0.29, 0.717) is 5.92 Å². The lowest BCUT2D eigenvalue weighted by Gasteiger charge is -2.34. The molecule has 2 atom stereocenters. The van der Waals surface area contributed by atoms with Crippen LogP contribution in [0.25, 0.3) is 44.5 Å². The average molecular weight is 902 g/mol. The van der Waals surface area contributed by atoms with Crippen LogP contribution < -0.4 is 9.64 Å². The predicted octanol–water partition coefficient (Wildman–Crippen LogP) is 18.5. The maximum Gasteiger partial charge on any atom is 0.127 e. The lowest BCUT2D eigenvalue weighted by molar-refractivity contribution is 0.481. The quantitative estimate of drug-likeness (QED) is 0.128. The number of rotatable bonds is 11. The van der Waals surface area contributed by atoms with Crippen LogP contribution in [0.2, 0.25) is 0 Å². The number of ether oxygens (including phenoxy) is 1. The van der Waals surface area contributed by atoms with E-state index in [0.717, 1.165) is 40.5 Å². The van der Waals surface area contributed by atoms with Crippen LogP contribution >= 0.6 is 0 Å². The third-order valence-electron chi connectivity index (χ3n) is 15.4. The molecular weight excluding hydrogens is 847 g/mol. The maximum absolute atomic E-state index is 6.46. The van der Waals surface area contributed by atoms with Gasteiger partial charge in [0.05, 0.1) is 5.41 Å². The van der Waals surface area contributed by atoms with Gasteiger partial charge in [-0.25, -0.2) is 0 Å². The summed E-state index contributed by atoms with van der Waals surface area (Å²) in [5, 5.41) is 0. The van der Waals surface area contributed by atoms with Crippen LogP contribution in [-0.4, -0.2) is 0 Å². The summed E-state index contributed by atoms with van der Waals surface area (Å²) >= 11 is 0. The van der Waals surface area contributed by atoms with E-state index in [9.17, 15) is 0 Å². The van der Waals surface area contributed by atoms with Gasteiger partial charge in [-0.3, -0.25) is 0 Å². The highest BCUT2D eigenvalue weighted by Crippen LogP contribution is 2.57. The molecular formula is C68H55NO. The summed E-state index contributed by atoms with van der Waals surface area (Å²) in [6.45, 7) is 9.21. The SMILES string of the molecule is CCC(C)c1ccc(Oc2ccc(C3(c4ccccc4)c4ccccc4-c4ccc(-c5ccc(N(c6ccc(-c7ccccc7)cc6)c6ccc7c(c6)C(C)(C)c6ccccc6-7)cc5)cc43)cc2)cc1. The molecule has 0 N–H and O–H groups in total. The van der Waals surface area contributed by atoms with Crippen LogP contribution in [-0.2, 0) is 10.8 Å². The van der Waals surface area contributed by atoms with Crippen LogP contribution in [0.1, 0.15) is 79.0 Å². The average Bonchev–Trinajstić information content (AvgIpc) is 3.84. The maximum atomic E-state index is 6.46. The van der Waals surface area contributed by atoms with Crippen molar-refractivity contribution in [3.05, 3.63) is 282 Å². The monoisotopic (exact) mass is 901 g/mol. The van der Waals surface area contributed by atoms with Crippen molar-refractivity contribution in [3.8, 4) is 56.0 Å². The van der Waals surface area contributed by atoms with Gasteiger partial charge in [-0.2, -0.15) is 0 Å². The van der Waals surface area contributed by atoms with E-state index in [1.54, 1.807) is 0 Å². The fourth-order valence-corrected chi connectivity index (χ4v) is 11.5. The van der Waals surface area contributed by atoms with E-state index in [2.05, 4.69) is 275 Å². The zero-order chi connectivity index (χ0) is 47.4. The second kappa shape index (κ2) is 17.4. The molecule has 0 aliphatic heterocycles. The fourth-order valence-electron chi connectivity index (χ4n) is 11.5. The normalized spacial score (nSPS) is 15.3. The smallest absolute Gasteiger partial charge is 0.127 e. The summed E-state index contributed by atoms with van der Waals surface area (Å²) in [6.07, 6.45) is 1.11. The Morgan fingerprint density at radius 2 is 0.843 bits per heavy atom. The van der Waals surface area contributed by atoms with Crippen LogP contribution in [0.3, 0.4) is 0 Å². The number of hydrogen-bond acceptors (Lipinski definition) is 2. The molecule has 338 valence electrons. The Labute approximate surface area is 413 Å². The van der Waals surface area contributed by atoms with Gasteiger partial charge in [0.1, 0.15) is 11.5 Å². The van der Waals surface area contributed by atoms with Gasteiger partial charge in [0.15, 0.2) is 0 Å². The number of anilines is 3. The summed E-state index contributed by atoms with van der Waals surface area (Å²) in [5.74, 6) is 2.18. The second-order valence-corrected chi connectivity index (χ2v) is 19.6. The Bertz CT molecular complexity index is 3500. The van der Waals surface area contributed by atoms with Crippen molar-refractivity contribution in [2.24, 2.45) is 0 Å². The Balaban J connectivity index is 0.938. The number of fused-ring (bicyclic) bond motifs is 6.